The number of hydrogen-bond acceptors (Lipinski definition) is 4. The number of carbonyl (C=O) groups is 1. The molecule has 1 fully saturated rings. The highest BCUT2D eigenvalue weighted by Gasteiger charge is 2.28. The number of hydrogen-bond donors (Lipinski definition) is 1. The van der Waals surface area contributed by atoms with Gasteiger partial charge < -0.3 is 14.8 Å². The lowest BCUT2D eigenvalue weighted by atomic mass is 10.1. The van der Waals surface area contributed by atoms with E-state index in [1.807, 2.05) is 18.2 Å². The molecule has 1 amide bonds. The molecule has 1 aromatic carbocycles. The van der Waals surface area contributed by atoms with Crippen molar-refractivity contribution < 1.29 is 4.79 Å². The van der Waals surface area contributed by atoms with Crippen LogP contribution >= 0.6 is 0 Å². The number of benzene rings is 1. The van der Waals surface area contributed by atoms with E-state index >= 15 is 0 Å². The van der Waals surface area contributed by atoms with Gasteiger partial charge in [-0.3, -0.25) is 14.2 Å². The van der Waals surface area contributed by atoms with Crippen LogP contribution in [-0.2, 0) is 20.6 Å². The lowest BCUT2D eigenvalue weighted by molar-refractivity contribution is 0.0674. The molecule has 0 bridgehead atoms. The van der Waals surface area contributed by atoms with E-state index in [2.05, 4.69) is 5.32 Å². The van der Waals surface area contributed by atoms with E-state index in [1.165, 1.54) is 17.8 Å². The summed E-state index contributed by atoms with van der Waals surface area (Å²) < 4.78 is 2.45. The van der Waals surface area contributed by atoms with E-state index in [-0.39, 0.29) is 29.7 Å². The fraction of sp³-hybridized carbons (Fsp3) is 0.389. The predicted octanol–water partition coefficient (Wildman–Crippen LogP) is 0.0883. The van der Waals surface area contributed by atoms with Gasteiger partial charge in [0.1, 0.15) is 0 Å². The van der Waals surface area contributed by atoms with Crippen LogP contribution in [0.3, 0.4) is 0 Å². The van der Waals surface area contributed by atoms with E-state index in [9.17, 15) is 14.4 Å². The highest BCUT2D eigenvalue weighted by Crippen LogP contribution is 2.16. The van der Waals surface area contributed by atoms with Crippen LogP contribution in [0.25, 0.3) is 0 Å². The van der Waals surface area contributed by atoms with Gasteiger partial charge in [-0.25, -0.2) is 4.79 Å². The van der Waals surface area contributed by atoms with Crippen molar-refractivity contribution in [3.05, 3.63) is 68.5 Å². The van der Waals surface area contributed by atoms with Crippen molar-refractivity contribution >= 4 is 5.91 Å². The number of amides is 1. The second kappa shape index (κ2) is 7.06. The summed E-state index contributed by atoms with van der Waals surface area (Å²) in [4.78, 5) is 39.1. The third-order valence-corrected chi connectivity index (χ3v) is 4.61. The standard InChI is InChI=1S/C18H22N4O3/c1-20-11-14(16(23)21(2)18(20)25)12-22(15-8-9-19-10-15)17(24)13-6-4-3-5-7-13/h3-7,11,15,19H,8-10,12H2,1-2H3/t15-/m1/s1. The van der Waals surface area contributed by atoms with Gasteiger partial charge in [-0.2, -0.15) is 0 Å². The Balaban J connectivity index is 1.98. The first kappa shape index (κ1) is 17.2. The van der Waals surface area contributed by atoms with Gasteiger partial charge in [0.15, 0.2) is 0 Å². The number of nitrogens with zero attached hydrogens (tertiary/aromatic N) is 3. The van der Waals surface area contributed by atoms with Crippen molar-refractivity contribution in [2.45, 2.75) is 19.0 Å². The maximum atomic E-state index is 13.0. The number of aryl methyl sites for hydroxylation is 1. The van der Waals surface area contributed by atoms with Gasteiger partial charge in [-0.15, -0.1) is 0 Å². The van der Waals surface area contributed by atoms with E-state index in [0.717, 1.165) is 17.5 Å². The molecule has 0 unspecified atom stereocenters. The van der Waals surface area contributed by atoms with Crippen LogP contribution in [0.2, 0.25) is 0 Å². The second-order valence-electron chi connectivity index (χ2n) is 6.36. The Kier molecular flexibility index (Phi) is 4.85. The maximum absolute atomic E-state index is 13.0. The molecular weight excluding hydrogens is 320 g/mol. The first-order valence-corrected chi connectivity index (χ1v) is 8.31. The van der Waals surface area contributed by atoms with Gasteiger partial charge in [-0.05, 0) is 25.1 Å². The minimum Gasteiger partial charge on any atom is -0.330 e. The van der Waals surface area contributed by atoms with Crippen LogP contribution in [-0.4, -0.2) is 39.1 Å². The molecule has 1 aromatic heterocycles. The van der Waals surface area contributed by atoms with Gasteiger partial charge in [0.05, 0.1) is 12.1 Å². The zero-order chi connectivity index (χ0) is 18.0. The van der Waals surface area contributed by atoms with Gasteiger partial charge in [0, 0.05) is 38.4 Å². The average molecular weight is 342 g/mol. The Morgan fingerprint density at radius 1 is 1.24 bits per heavy atom. The fourth-order valence-electron chi connectivity index (χ4n) is 3.19. The van der Waals surface area contributed by atoms with Gasteiger partial charge in [0.2, 0.25) is 0 Å². The number of carbonyl (C=O) groups excluding carboxylic acids is 1. The van der Waals surface area contributed by atoms with Crippen LogP contribution in [0.4, 0.5) is 0 Å². The van der Waals surface area contributed by atoms with Crippen molar-refractivity contribution in [3.8, 4) is 0 Å². The predicted molar refractivity (Wildman–Crippen MR) is 94.5 cm³/mol. The summed E-state index contributed by atoms with van der Waals surface area (Å²) in [6.45, 7) is 1.72. The summed E-state index contributed by atoms with van der Waals surface area (Å²) in [6.07, 6.45) is 2.36. The smallest absolute Gasteiger partial charge is 0.330 e. The molecule has 0 spiro atoms. The quantitative estimate of drug-likeness (QED) is 0.854. The van der Waals surface area contributed by atoms with Crippen molar-refractivity contribution in [2.24, 2.45) is 14.1 Å². The number of aromatic nitrogens is 2. The minimum absolute atomic E-state index is 0.0228. The first-order chi connectivity index (χ1) is 12.0. The number of nitrogens with one attached hydrogen (secondary N) is 1. The molecule has 0 saturated carbocycles. The summed E-state index contributed by atoms with van der Waals surface area (Å²) in [7, 11) is 3.06. The summed E-state index contributed by atoms with van der Waals surface area (Å²) >= 11 is 0. The van der Waals surface area contributed by atoms with E-state index < -0.39 is 0 Å². The molecular formula is C18H22N4O3. The van der Waals surface area contributed by atoms with Crippen LogP contribution in [0, 0.1) is 0 Å². The maximum Gasteiger partial charge on any atom is 0.330 e. The zero-order valence-corrected chi connectivity index (χ0v) is 14.4. The molecule has 1 saturated heterocycles. The Hall–Kier alpha value is -2.67. The molecule has 3 rings (SSSR count). The van der Waals surface area contributed by atoms with Crippen LogP contribution < -0.4 is 16.6 Å². The molecule has 1 atom stereocenters. The van der Waals surface area contributed by atoms with E-state index in [1.54, 1.807) is 24.1 Å². The first-order valence-electron chi connectivity index (χ1n) is 8.31. The Labute approximate surface area is 145 Å². The Morgan fingerprint density at radius 3 is 2.60 bits per heavy atom. The molecule has 132 valence electrons. The summed E-state index contributed by atoms with van der Waals surface area (Å²) in [5, 5.41) is 3.26. The highest BCUT2D eigenvalue weighted by molar-refractivity contribution is 5.94. The molecule has 0 radical (unpaired) electrons. The summed E-state index contributed by atoms with van der Waals surface area (Å²) in [5.41, 5.74) is 0.286. The molecule has 1 N–H and O–H groups in total. The zero-order valence-electron chi connectivity index (χ0n) is 14.4. The minimum atomic E-state index is -0.378. The third-order valence-electron chi connectivity index (χ3n) is 4.61. The van der Waals surface area contributed by atoms with Crippen LogP contribution in [0.1, 0.15) is 22.3 Å². The largest absolute Gasteiger partial charge is 0.330 e. The molecule has 25 heavy (non-hydrogen) atoms. The van der Waals surface area contributed by atoms with E-state index in [4.69, 9.17) is 0 Å². The molecule has 2 heterocycles. The Bertz CT molecular complexity index is 879. The lowest BCUT2D eigenvalue weighted by Crippen LogP contribution is -2.45. The van der Waals surface area contributed by atoms with Crippen molar-refractivity contribution in [1.29, 1.82) is 0 Å². The van der Waals surface area contributed by atoms with E-state index in [0.29, 0.717) is 17.7 Å². The third kappa shape index (κ3) is 3.41. The summed E-state index contributed by atoms with van der Waals surface area (Å²) in [6, 6.07) is 9.08. The molecule has 1 aliphatic heterocycles. The molecule has 0 aliphatic carbocycles. The topological polar surface area (TPSA) is 76.3 Å². The fourth-order valence-corrected chi connectivity index (χ4v) is 3.19. The highest BCUT2D eigenvalue weighted by atomic mass is 16.2. The van der Waals surface area contributed by atoms with Crippen LogP contribution in [0.15, 0.2) is 46.1 Å². The monoisotopic (exact) mass is 342 g/mol. The number of rotatable bonds is 4. The lowest BCUT2D eigenvalue weighted by Gasteiger charge is -2.28. The average Bonchev–Trinajstić information content (AvgIpc) is 3.16. The van der Waals surface area contributed by atoms with Gasteiger partial charge >= 0.3 is 5.69 Å². The second-order valence-corrected chi connectivity index (χ2v) is 6.36. The van der Waals surface area contributed by atoms with Gasteiger partial charge in [0.25, 0.3) is 11.5 Å². The van der Waals surface area contributed by atoms with Crippen LogP contribution in [0.5, 0.6) is 0 Å². The van der Waals surface area contributed by atoms with Crippen molar-refractivity contribution in [3.63, 3.8) is 0 Å². The molecule has 7 heteroatoms. The van der Waals surface area contributed by atoms with Gasteiger partial charge in [-0.1, -0.05) is 18.2 Å². The SMILES string of the molecule is Cn1cc(CN(C(=O)c2ccccc2)[C@@H]2CCNC2)c(=O)n(C)c1=O. The molecule has 1 aliphatic rings. The van der Waals surface area contributed by atoms with Crippen molar-refractivity contribution in [2.75, 3.05) is 13.1 Å². The molecule has 2 aromatic rings. The summed E-state index contributed by atoms with van der Waals surface area (Å²) in [5.74, 6) is -0.106. The normalized spacial score (nSPS) is 16.8. The molecule has 7 nitrogen and oxygen atoms in total. The van der Waals surface area contributed by atoms with Crippen molar-refractivity contribution in [1.82, 2.24) is 19.4 Å². The Morgan fingerprint density at radius 2 is 1.96 bits per heavy atom.